The van der Waals surface area contributed by atoms with Crippen LogP contribution in [0.3, 0.4) is 0 Å². The lowest BCUT2D eigenvalue weighted by atomic mass is 9.73. The molecule has 0 aliphatic carbocycles. The zero-order valence-corrected chi connectivity index (χ0v) is 21.3. The number of hydrogen-bond donors (Lipinski definition) is 1. The summed E-state index contributed by atoms with van der Waals surface area (Å²) in [5, 5.41) is 7.19. The third-order valence-corrected chi connectivity index (χ3v) is 7.37. The second kappa shape index (κ2) is 11.2. The minimum atomic E-state index is -0.441. The number of hydrogen-bond acceptors (Lipinski definition) is 6. The fraction of sp³-hybridized carbons (Fsp3) is 0.593. The molecule has 2 amide bonds. The summed E-state index contributed by atoms with van der Waals surface area (Å²) in [6, 6.07) is 8.17. The molecule has 0 bridgehead atoms. The molecular weight excluding hydrogens is 444 g/mol. The molecule has 1 aromatic carbocycles. The Bertz CT molecular complexity index is 1020. The molecule has 0 unspecified atom stereocenters. The van der Waals surface area contributed by atoms with Crippen LogP contribution in [0.1, 0.15) is 65.9 Å². The molecular formula is C27H38N4O4. The van der Waals surface area contributed by atoms with Crippen LogP contribution in [0.2, 0.25) is 0 Å². The number of carbonyl (C=O) groups excluding carboxylic acids is 2. The molecule has 1 N–H and O–H groups in total. The van der Waals surface area contributed by atoms with Crippen LogP contribution in [0.5, 0.6) is 5.75 Å². The second-order valence-corrected chi connectivity index (χ2v) is 10.1. The minimum Gasteiger partial charge on any atom is -0.491 e. The molecule has 0 radical (unpaired) electrons. The molecule has 4 rings (SSSR count). The third kappa shape index (κ3) is 5.86. The van der Waals surface area contributed by atoms with Gasteiger partial charge in [-0.2, -0.15) is 0 Å². The summed E-state index contributed by atoms with van der Waals surface area (Å²) in [6.07, 6.45) is 6.29. The molecule has 0 atom stereocenters. The molecule has 8 nitrogen and oxygen atoms in total. The number of ether oxygens (including phenoxy) is 1. The van der Waals surface area contributed by atoms with E-state index in [1.165, 1.54) is 5.56 Å². The summed E-state index contributed by atoms with van der Waals surface area (Å²) in [6.45, 7) is 4.45. The van der Waals surface area contributed by atoms with Crippen molar-refractivity contribution in [1.29, 1.82) is 0 Å². The highest BCUT2D eigenvalue weighted by molar-refractivity contribution is 5.94. The summed E-state index contributed by atoms with van der Waals surface area (Å²) in [7, 11) is 3.92. The third-order valence-electron chi connectivity index (χ3n) is 7.37. The Hall–Kier alpha value is -2.87. The van der Waals surface area contributed by atoms with Crippen molar-refractivity contribution in [1.82, 2.24) is 20.3 Å². The van der Waals surface area contributed by atoms with Crippen LogP contribution in [0.15, 0.2) is 28.8 Å². The van der Waals surface area contributed by atoms with E-state index in [1.807, 2.05) is 43.0 Å². The number of aromatic nitrogens is 1. The van der Waals surface area contributed by atoms with Gasteiger partial charge >= 0.3 is 0 Å². The molecule has 3 heterocycles. The zero-order valence-electron chi connectivity index (χ0n) is 21.3. The number of para-hydroxylation sites is 1. The van der Waals surface area contributed by atoms with Gasteiger partial charge in [0.15, 0.2) is 5.69 Å². The quantitative estimate of drug-likeness (QED) is 0.720. The molecule has 1 spiro atoms. The number of piperidine rings is 1. The Morgan fingerprint density at radius 3 is 2.69 bits per heavy atom. The molecule has 0 saturated carbocycles. The number of likely N-dealkylation sites (tertiary alicyclic amines) is 1. The Balaban J connectivity index is 1.41. The van der Waals surface area contributed by atoms with Gasteiger partial charge in [0.1, 0.15) is 18.1 Å². The lowest BCUT2D eigenvalue weighted by Crippen LogP contribution is -2.51. The Kier molecular flexibility index (Phi) is 8.11. The van der Waals surface area contributed by atoms with E-state index < -0.39 is 5.41 Å². The van der Waals surface area contributed by atoms with E-state index in [9.17, 15) is 9.59 Å². The van der Waals surface area contributed by atoms with E-state index >= 15 is 0 Å². The first-order chi connectivity index (χ1) is 16.9. The van der Waals surface area contributed by atoms with Crippen molar-refractivity contribution in [3.63, 3.8) is 0 Å². The van der Waals surface area contributed by atoms with Gasteiger partial charge in [0.25, 0.3) is 5.91 Å². The first kappa shape index (κ1) is 25.2. The maximum atomic E-state index is 13.4. The molecule has 1 fully saturated rings. The van der Waals surface area contributed by atoms with Gasteiger partial charge in [-0.25, -0.2) is 0 Å². The molecule has 190 valence electrons. The molecule has 2 aliphatic heterocycles. The number of benzene rings is 1. The largest absolute Gasteiger partial charge is 0.491 e. The topological polar surface area (TPSA) is 87.9 Å². The standard InChI is InChI=1S/C27H38N4O4/c1-20-22(19-30(2)3)24(29-35-20)25(32)31-16-13-27(14-17-31)12-8-4-5-9-21-10-6-7-11-23(21)34-18-15-28-26(27)33/h6-7,10-11H,4-5,8-9,12-19H2,1-3H3,(H,28,33). The Morgan fingerprint density at radius 2 is 1.91 bits per heavy atom. The maximum absolute atomic E-state index is 13.4. The van der Waals surface area contributed by atoms with Gasteiger partial charge in [0, 0.05) is 25.2 Å². The first-order valence-electron chi connectivity index (χ1n) is 12.8. The molecule has 2 aromatic rings. The summed E-state index contributed by atoms with van der Waals surface area (Å²) in [4.78, 5) is 30.5. The lowest BCUT2D eigenvalue weighted by Gasteiger charge is -2.40. The Labute approximate surface area is 208 Å². The average Bonchev–Trinajstić information content (AvgIpc) is 3.21. The minimum absolute atomic E-state index is 0.0892. The second-order valence-electron chi connectivity index (χ2n) is 10.1. The summed E-state index contributed by atoms with van der Waals surface area (Å²) >= 11 is 0. The smallest absolute Gasteiger partial charge is 0.276 e. The average molecular weight is 483 g/mol. The number of rotatable bonds is 3. The highest BCUT2D eigenvalue weighted by atomic mass is 16.5. The van der Waals surface area contributed by atoms with Crippen molar-refractivity contribution in [3.05, 3.63) is 46.8 Å². The summed E-state index contributed by atoms with van der Waals surface area (Å²) in [5.74, 6) is 1.57. The van der Waals surface area contributed by atoms with Crippen molar-refractivity contribution in [2.45, 2.75) is 58.4 Å². The lowest BCUT2D eigenvalue weighted by molar-refractivity contribution is -0.134. The number of fused-ring (bicyclic) bond motifs is 1. The highest BCUT2D eigenvalue weighted by Gasteiger charge is 2.42. The van der Waals surface area contributed by atoms with E-state index in [4.69, 9.17) is 9.26 Å². The molecule has 1 saturated heterocycles. The maximum Gasteiger partial charge on any atom is 0.276 e. The fourth-order valence-electron chi connectivity index (χ4n) is 5.26. The van der Waals surface area contributed by atoms with Crippen molar-refractivity contribution in [2.24, 2.45) is 5.41 Å². The predicted octanol–water partition coefficient (Wildman–Crippen LogP) is 3.58. The van der Waals surface area contributed by atoms with Crippen LogP contribution in [0.25, 0.3) is 0 Å². The van der Waals surface area contributed by atoms with E-state index in [1.54, 1.807) is 0 Å². The van der Waals surface area contributed by atoms with Gasteiger partial charge in [-0.15, -0.1) is 0 Å². The molecule has 2 aliphatic rings. The molecule has 35 heavy (non-hydrogen) atoms. The van der Waals surface area contributed by atoms with Gasteiger partial charge < -0.3 is 24.4 Å². The predicted molar refractivity (Wildman–Crippen MR) is 133 cm³/mol. The van der Waals surface area contributed by atoms with Crippen LogP contribution in [0.4, 0.5) is 0 Å². The van der Waals surface area contributed by atoms with Gasteiger partial charge in [0.05, 0.1) is 12.0 Å². The van der Waals surface area contributed by atoms with Gasteiger partial charge in [0.2, 0.25) is 5.91 Å². The first-order valence-corrected chi connectivity index (χ1v) is 12.8. The van der Waals surface area contributed by atoms with E-state index in [0.717, 1.165) is 43.4 Å². The van der Waals surface area contributed by atoms with E-state index in [2.05, 4.69) is 22.6 Å². The SMILES string of the molecule is Cc1onc(C(=O)N2CCC3(CCCCCc4ccccc4OCCNC3=O)CC2)c1CN(C)C. The summed E-state index contributed by atoms with van der Waals surface area (Å²) < 4.78 is 11.3. The van der Waals surface area contributed by atoms with Crippen molar-refractivity contribution in [2.75, 3.05) is 40.3 Å². The highest BCUT2D eigenvalue weighted by Crippen LogP contribution is 2.38. The van der Waals surface area contributed by atoms with Gasteiger partial charge in [-0.1, -0.05) is 36.2 Å². The number of nitrogens with zero attached hydrogens (tertiary/aromatic N) is 3. The number of aryl methyl sites for hydroxylation is 2. The van der Waals surface area contributed by atoms with Crippen molar-refractivity contribution >= 4 is 11.8 Å². The summed E-state index contributed by atoms with van der Waals surface area (Å²) in [5.41, 5.74) is 2.02. The van der Waals surface area contributed by atoms with Crippen molar-refractivity contribution < 1.29 is 18.8 Å². The number of nitrogens with one attached hydrogen (secondary N) is 1. The van der Waals surface area contributed by atoms with E-state index in [-0.39, 0.29) is 11.8 Å². The normalized spacial score (nSPS) is 19.2. The van der Waals surface area contributed by atoms with Gasteiger partial charge in [-0.05, 0) is 64.8 Å². The van der Waals surface area contributed by atoms with Crippen LogP contribution in [-0.4, -0.2) is 67.1 Å². The molecule has 8 heteroatoms. The van der Waals surface area contributed by atoms with Crippen LogP contribution in [-0.2, 0) is 17.8 Å². The molecule has 1 aromatic heterocycles. The fourth-order valence-corrected chi connectivity index (χ4v) is 5.26. The number of amides is 2. The zero-order chi connectivity index (χ0) is 24.8. The number of carbonyl (C=O) groups is 2. The van der Waals surface area contributed by atoms with Crippen LogP contribution < -0.4 is 10.1 Å². The van der Waals surface area contributed by atoms with E-state index in [0.29, 0.717) is 57.1 Å². The Morgan fingerprint density at radius 1 is 1.14 bits per heavy atom. The van der Waals surface area contributed by atoms with Crippen LogP contribution >= 0.6 is 0 Å². The monoisotopic (exact) mass is 482 g/mol. The van der Waals surface area contributed by atoms with Crippen molar-refractivity contribution in [3.8, 4) is 5.75 Å². The van der Waals surface area contributed by atoms with Gasteiger partial charge in [-0.3, -0.25) is 9.59 Å². The van der Waals surface area contributed by atoms with Crippen LogP contribution in [0, 0.1) is 12.3 Å².